The Hall–Kier alpha value is -2.14. The smallest absolute Gasteiger partial charge is 0.258 e. The molecule has 0 fully saturated rings. The molecule has 3 N–H and O–H groups in total. The summed E-state index contributed by atoms with van der Waals surface area (Å²) >= 11 is 5.88. The Morgan fingerprint density at radius 2 is 1.95 bits per heavy atom. The Balaban J connectivity index is 2.31. The number of nitrogens with one attached hydrogen (secondary N) is 1. The average molecular weight is 283 g/mol. The fraction of sp³-hybridized carbons (Fsp3) is 0. The summed E-state index contributed by atoms with van der Waals surface area (Å²) in [5.41, 5.74) is 5.81. The lowest BCUT2D eigenvalue weighted by Crippen LogP contribution is -2.15. The third kappa shape index (κ3) is 2.82. The highest BCUT2D eigenvalue weighted by atomic mass is 35.5. The molecule has 0 aromatic heterocycles. The zero-order chi connectivity index (χ0) is 14.0. The minimum absolute atomic E-state index is 0.192. The minimum atomic E-state index is -0.955. The van der Waals surface area contributed by atoms with Gasteiger partial charge in [-0.25, -0.2) is 8.78 Å². The summed E-state index contributed by atoms with van der Waals surface area (Å²) in [6, 6.07) is 7.37. The van der Waals surface area contributed by atoms with E-state index in [0.29, 0.717) is 6.07 Å². The van der Waals surface area contributed by atoms with Crippen molar-refractivity contribution in [1.82, 2.24) is 0 Å². The SMILES string of the molecule is Nc1cccc(Cl)c1NC(=O)c1ccc(F)cc1F. The van der Waals surface area contributed by atoms with E-state index in [-0.39, 0.29) is 22.0 Å². The lowest BCUT2D eigenvalue weighted by atomic mass is 10.2. The number of carbonyl (C=O) groups is 1. The molecule has 0 aliphatic rings. The highest BCUT2D eigenvalue weighted by Crippen LogP contribution is 2.28. The average Bonchev–Trinajstić information content (AvgIpc) is 2.33. The van der Waals surface area contributed by atoms with Crippen LogP contribution < -0.4 is 11.1 Å². The zero-order valence-electron chi connectivity index (χ0n) is 9.58. The molecule has 0 bridgehead atoms. The molecule has 6 heteroatoms. The summed E-state index contributed by atoms with van der Waals surface area (Å²) in [6.45, 7) is 0. The molecule has 0 spiro atoms. The summed E-state index contributed by atoms with van der Waals surface area (Å²) in [5, 5.41) is 2.63. The van der Waals surface area contributed by atoms with Crippen LogP contribution in [0.1, 0.15) is 10.4 Å². The predicted octanol–water partition coefficient (Wildman–Crippen LogP) is 3.45. The van der Waals surface area contributed by atoms with Crippen LogP contribution in [0.25, 0.3) is 0 Å². The van der Waals surface area contributed by atoms with Crippen LogP contribution >= 0.6 is 11.6 Å². The molecule has 0 unspecified atom stereocenters. The molecule has 3 nitrogen and oxygen atoms in total. The molecule has 0 heterocycles. The van der Waals surface area contributed by atoms with Gasteiger partial charge in [-0.15, -0.1) is 0 Å². The standard InChI is InChI=1S/C13H9ClF2N2O/c14-9-2-1-3-11(17)12(9)18-13(19)8-5-4-7(15)6-10(8)16/h1-6H,17H2,(H,18,19). The van der Waals surface area contributed by atoms with Crippen molar-refractivity contribution in [3.63, 3.8) is 0 Å². The maximum absolute atomic E-state index is 13.4. The van der Waals surface area contributed by atoms with Crippen molar-refractivity contribution in [1.29, 1.82) is 0 Å². The fourth-order valence-corrected chi connectivity index (χ4v) is 1.76. The summed E-state index contributed by atoms with van der Waals surface area (Å²) in [7, 11) is 0. The largest absolute Gasteiger partial charge is 0.397 e. The molecule has 0 saturated carbocycles. The van der Waals surface area contributed by atoms with Gasteiger partial charge in [0.1, 0.15) is 11.6 Å². The van der Waals surface area contributed by atoms with E-state index in [4.69, 9.17) is 17.3 Å². The van der Waals surface area contributed by atoms with Crippen LogP contribution in [-0.2, 0) is 0 Å². The second kappa shape index (κ2) is 5.24. The lowest BCUT2D eigenvalue weighted by Gasteiger charge is -2.10. The van der Waals surface area contributed by atoms with Gasteiger partial charge in [0.2, 0.25) is 0 Å². The van der Waals surface area contributed by atoms with Gasteiger partial charge in [-0.3, -0.25) is 4.79 Å². The normalized spacial score (nSPS) is 10.3. The number of benzene rings is 2. The highest BCUT2D eigenvalue weighted by Gasteiger charge is 2.15. The van der Waals surface area contributed by atoms with Crippen LogP contribution in [0.5, 0.6) is 0 Å². The number of halogens is 3. The lowest BCUT2D eigenvalue weighted by molar-refractivity contribution is 0.102. The molecule has 1 amide bonds. The zero-order valence-corrected chi connectivity index (χ0v) is 10.3. The number of rotatable bonds is 2. The number of anilines is 2. The monoisotopic (exact) mass is 282 g/mol. The first-order valence-electron chi connectivity index (χ1n) is 5.29. The Bertz CT molecular complexity index is 626. The minimum Gasteiger partial charge on any atom is -0.397 e. The van der Waals surface area contributed by atoms with Gasteiger partial charge >= 0.3 is 0 Å². The summed E-state index contributed by atoms with van der Waals surface area (Å²) in [5.74, 6) is -2.47. The van der Waals surface area contributed by atoms with Gasteiger partial charge < -0.3 is 11.1 Å². The first-order valence-corrected chi connectivity index (χ1v) is 5.67. The van der Waals surface area contributed by atoms with Crippen molar-refractivity contribution >= 4 is 28.9 Å². The maximum atomic E-state index is 13.4. The molecule has 0 aliphatic heterocycles. The quantitative estimate of drug-likeness (QED) is 0.829. The van der Waals surface area contributed by atoms with Crippen LogP contribution in [-0.4, -0.2) is 5.91 Å². The molecular weight excluding hydrogens is 274 g/mol. The topological polar surface area (TPSA) is 55.1 Å². The third-order valence-electron chi connectivity index (χ3n) is 2.46. The van der Waals surface area contributed by atoms with Crippen molar-refractivity contribution in [3.05, 3.63) is 58.6 Å². The first-order chi connectivity index (χ1) is 8.99. The van der Waals surface area contributed by atoms with E-state index in [0.717, 1.165) is 12.1 Å². The van der Waals surface area contributed by atoms with E-state index in [2.05, 4.69) is 5.32 Å². The predicted molar refractivity (Wildman–Crippen MR) is 70.2 cm³/mol. The summed E-state index contributed by atoms with van der Waals surface area (Å²) in [6.07, 6.45) is 0. The molecular formula is C13H9ClF2N2O. The molecule has 0 radical (unpaired) electrons. The van der Waals surface area contributed by atoms with E-state index in [1.807, 2.05) is 0 Å². The molecule has 0 saturated heterocycles. The number of nitrogen functional groups attached to an aromatic ring is 1. The summed E-state index contributed by atoms with van der Waals surface area (Å²) in [4.78, 5) is 11.9. The first kappa shape index (κ1) is 13.3. The maximum Gasteiger partial charge on any atom is 0.258 e. The van der Waals surface area contributed by atoms with E-state index in [9.17, 15) is 13.6 Å². The molecule has 0 atom stereocenters. The number of hydrogen-bond donors (Lipinski definition) is 2. The molecule has 98 valence electrons. The van der Waals surface area contributed by atoms with Crippen molar-refractivity contribution in [2.24, 2.45) is 0 Å². The number of carbonyl (C=O) groups excluding carboxylic acids is 1. The molecule has 2 aromatic rings. The van der Waals surface area contributed by atoms with Gasteiger partial charge in [0, 0.05) is 6.07 Å². The molecule has 0 aliphatic carbocycles. The van der Waals surface area contributed by atoms with Gasteiger partial charge in [-0.1, -0.05) is 17.7 Å². The number of amides is 1. The van der Waals surface area contributed by atoms with Crippen LogP contribution in [0.4, 0.5) is 20.2 Å². The van der Waals surface area contributed by atoms with Gasteiger partial charge in [0.15, 0.2) is 0 Å². The van der Waals surface area contributed by atoms with Crippen LogP contribution in [0.15, 0.2) is 36.4 Å². The van der Waals surface area contributed by atoms with Crippen LogP contribution in [0.2, 0.25) is 5.02 Å². The molecule has 2 aromatic carbocycles. The van der Waals surface area contributed by atoms with Crippen molar-refractivity contribution in [2.75, 3.05) is 11.1 Å². The number of para-hydroxylation sites is 1. The second-order valence-corrected chi connectivity index (χ2v) is 4.19. The second-order valence-electron chi connectivity index (χ2n) is 3.78. The number of nitrogens with two attached hydrogens (primary N) is 1. The van der Waals surface area contributed by atoms with Crippen molar-refractivity contribution < 1.29 is 13.6 Å². The molecule has 2 rings (SSSR count). The number of hydrogen-bond acceptors (Lipinski definition) is 2. The van der Waals surface area contributed by atoms with Crippen LogP contribution in [0, 0.1) is 11.6 Å². The Kier molecular flexibility index (Phi) is 3.66. The molecule has 19 heavy (non-hydrogen) atoms. The third-order valence-corrected chi connectivity index (χ3v) is 2.78. The van der Waals surface area contributed by atoms with Gasteiger partial charge in [0.05, 0.1) is 22.0 Å². The fourth-order valence-electron chi connectivity index (χ4n) is 1.53. The van der Waals surface area contributed by atoms with E-state index < -0.39 is 17.5 Å². The van der Waals surface area contributed by atoms with E-state index in [1.54, 1.807) is 12.1 Å². The van der Waals surface area contributed by atoms with Gasteiger partial charge in [-0.2, -0.15) is 0 Å². The van der Waals surface area contributed by atoms with E-state index >= 15 is 0 Å². The van der Waals surface area contributed by atoms with Crippen LogP contribution in [0.3, 0.4) is 0 Å². The summed E-state index contributed by atoms with van der Waals surface area (Å²) < 4.78 is 26.2. The Morgan fingerprint density at radius 1 is 1.21 bits per heavy atom. The van der Waals surface area contributed by atoms with Crippen molar-refractivity contribution in [2.45, 2.75) is 0 Å². The van der Waals surface area contributed by atoms with Crippen molar-refractivity contribution in [3.8, 4) is 0 Å². The van der Waals surface area contributed by atoms with E-state index in [1.165, 1.54) is 6.07 Å². The highest BCUT2D eigenvalue weighted by molar-refractivity contribution is 6.34. The Labute approximate surface area is 113 Å². The Morgan fingerprint density at radius 3 is 2.58 bits per heavy atom. The van der Waals surface area contributed by atoms with Gasteiger partial charge in [-0.05, 0) is 24.3 Å². The van der Waals surface area contributed by atoms with Gasteiger partial charge in [0.25, 0.3) is 5.91 Å².